The van der Waals surface area contributed by atoms with Crippen LogP contribution >= 0.6 is 11.6 Å². The minimum absolute atomic E-state index is 0.130. The number of carbonyl (C=O) groups excluding carboxylic acids is 1. The molecule has 0 radical (unpaired) electrons. The van der Waals surface area contributed by atoms with Crippen LogP contribution in [-0.4, -0.2) is 51.8 Å². The van der Waals surface area contributed by atoms with E-state index in [4.69, 9.17) is 30.5 Å². The summed E-state index contributed by atoms with van der Waals surface area (Å²) in [6, 6.07) is 10.8. The van der Waals surface area contributed by atoms with Gasteiger partial charge in [0.15, 0.2) is 11.5 Å². The lowest BCUT2D eigenvalue weighted by molar-refractivity contribution is -0.0228. The highest BCUT2D eigenvalue weighted by molar-refractivity contribution is 6.31. The minimum atomic E-state index is -0.265. The fourth-order valence-electron chi connectivity index (χ4n) is 3.15. The summed E-state index contributed by atoms with van der Waals surface area (Å²) in [5, 5.41) is 0.629. The molecule has 27 heavy (non-hydrogen) atoms. The molecule has 1 amide bonds. The molecule has 0 N–H and O–H groups in total. The van der Waals surface area contributed by atoms with E-state index >= 15 is 0 Å². The van der Waals surface area contributed by atoms with E-state index in [1.54, 1.807) is 17.0 Å². The van der Waals surface area contributed by atoms with E-state index in [0.29, 0.717) is 47.5 Å². The first kappa shape index (κ1) is 19.3. The number of halogens is 1. The quantitative estimate of drug-likeness (QED) is 0.779. The van der Waals surface area contributed by atoms with Crippen molar-refractivity contribution in [2.45, 2.75) is 6.10 Å². The van der Waals surface area contributed by atoms with Crippen molar-refractivity contribution in [3.8, 4) is 17.2 Å². The molecule has 6 nitrogen and oxygen atoms in total. The Bertz CT molecular complexity index is 801. The van der Waals surface area contributed by atoms with Crippen LogP contribution in [0.4, 0.5) is 0 Å². The van der Waals surface area contributed by atoms with E-state index in [2.05, 4.69) is 0 Å². The molecule has 1 saturated heterocycles. The number of hydrogen-bond acceptors (Lipinski definition) is 5. The molecule has 0 bridgehead atoms. The van der Waals surface area contributed by atoms with E-state index in [1.165, 1.54) is 21.3 Å². The first-order chi connectivity index (χ1) is 13.1. The van der Waals surface area contributed by atoms with Gasteiger partial charge in [-0.2, -0.15) is 0 Å². The third-order valence-electron chi connectivity index (χ3n) is 4.52. The number of carbonyl (C=O) groups is 1. The maximum atomic E-state index is 13.1. The topological polar surface area (TPSA) is 57.2 Å². The summed E-state index contributed by atoms with van der Waals surface area (Å²) >= 11 is 6.28. The SMILES string of the molecule is COc1cc(C(=O)N2CCOC(c3ccccc3Cl)C2)cc(OC)c1OC. The van der Waals surface area contributed by atoms with Gasteiger partial charge in [-0.3, -0.25) is 4.79 Å². The number of methoxy groups -OCH3 is 3. The largest absolute Gasteiger partial charge is 0.493 e. The predicted molar refractivity (Wildman–Crippen MR) is 102 cm³/mol. The van der Waals surface area contributed by atoms with E-state index in [1.807, 2.05) is 24.3 Å². The third kappa shape index (κ3) is 3.96. The Kier molecular flexibility index (Phi) is 6.08. The molecule has 0 aromatic heterocycles. The van der Waals surface area contributed by atoms with Gasteiger partial charge in [0.1, 0.15) is 6.10 Å². The summed E-state index contributed by atoms with van der Waals surface area (Å²) in [7, 11) is 4.57. The van der Waals surface area contributed by atoms with Gasteiger partial charge in [0.05, 0.1) is 34.5 Å². The van der Waals surface area contributed by atoms with Gasteiger partial charge in [0.25, 0.3) is 5.91 Å². The van der Waals surface area contributed by atoms with Gasteiger partial charge in [-0.1, -0.05) is 29.8 Å². The van der Waals surface area contributed by atoms with E-state index in [-0.39, 0.29) is 12.0 Å². The molecule has 0 saturated carbocycles. The Hall–Kier alpha value is -2.44. The van der Waals surface area contributed by atoms with Crippen LogP contribution in [0.15, 0.2) is 36.4 Å². The fraction of sp³-hybridized carbons (Fsp3) is 0.350. The van der Waals surface area contributed by atoms with Gasteiger partial charge in [-0.25, -0.2) is 0 Å². The van der Waals surface area contributed by atoms with E-state index in [0.717, 1.165) is 5.56 Å². The van der Waals surface area contributed by atoms with Gasteiger partial charge in [0.2, 0.25) is 5.75 Å². The molecule has 1 aliphatic rings. The van der Waals surface area contributed by atoms with Crippen molar-refractivity contribution in [3.63, 3.8) is 0 Å². The minimum Gasteiger partial charge on any atom is -0.493 e. The average Bonchev–Trinajstić information content (AvgIpc) is 2.72. The predicted octanol–water partition coefficient (Wildman–Crippen LogP) is 3.58. The number of rotatable bonds is 5. The van der Waals surface area contributed by atoms with Gasteiger partial charge in [-0.15, -0.1) is 0 Å². The van der Waals surface area contributed by atoms with Crippen LogP contribution < -0.4 is 14.2 Å². The summed E-state index contributed by atoms with van der Waals surface area (Å²) in [6.07, 6.45) is -0.265. The lowest BCUT2D eigenvalue weighted by Crippen LogP contribution is -2.42. The maximum Gasteiger partial charge on any atom is 0.254 e. The average molecular weight is 392 g/mol. The highest BCUT2D eigenvalue weighted by Gasteiger charge is 2.28. The van der Waals surface area contributed by atoms with Crippen LogP contribution in [-0.2, 0) is 4.74 Å². The summed E-state index contributed by atoms with van der Waals surface area (Å²) in [6.45, 7) is 1.35. The van der Waals surface area contributed by atoms with Crippen LogP contribution in [0.25, 0.3) is 0 Å². The Morgan fingerprint density at radius 2 is 1.78 bits per heavy atom. The summed E-state index contributed by atoms with van der Waals surface area (Å²) < 4.78 is 21.8. The number of amides is 1. The maximum absolute atomic E-state index is 13.1. The second-order valence-corrected chi connectivity index (χ2v) is 6.45. The molecular formula is C20H22ClNO5. The highest BCUT2D eigenvalue weighted by atomic mass is 35.5. The standard InChI is InChI=1S/C20H22ClNO5/c1-24-16-10-13(11-17(25-2)19(16)26-3)20(23)22-8-9-27-18(12-22)14-6-4-5-7-15(14)21/h4-7,10-11,18H,8-9,12H2,1-3H3. The van der Waals surface area contributed by atoms with E-state index < -0.39 is 0 Å². The molecule has 144 valence electrons. The van der Waals surface area contributed by atoms with Gasteiger partial charge >= 0.3 is 0 Å². The van der Waals surface area contributed by atoms with Crippen LogP contribution in [0.2, 0.25) is 5.02 Å². The molecule has 1 unspecified atom stereocenters. The number of hydrogen-bond donors (Lipinski definition) is 0. The van der Waals surface area contributed by atoms with Crippen molar-refractivity contribution in [1.29, 1.82) is 0 Å². The van der Waals surface area contributed by atoms with Gasteiger partial charge < -0.3 is 23.8 Å². The molecule has 1 fully saturated rings. The Labute approximate surface area is 163 Å². The molecule has 0 spiro atoms. The first-order valence-corrected chi connectivity index (χ1v) is 8.92. The van der Waals surface area contributed by atoms with Crippen LogP contribution in [0.3, 0.4) is 0 Å². The lowest BCUT2D eigenvalue weighted by atomic mass is 10.1. The molecule has 1 atom stereocenters. The molecule has 1 heterocycles. The molecule has 2 aromatic carbocycles. The lowest BCUT2D eigenvalue weighted by Gasteiger charge is -2.33. The zero-order valence-corrected chi connectivity index (χ0v) is 16.3. The van der Waals surface area contributed by atoms with Crippen molar-refractivity contribution >= 4 is 17.5 Å². The monoisotopic (exact) mass is 391 g/mol. The molecule has 1 aliphatic heterocycles. The number of nitrogens with zero attached hydrogens (tertiary/aromatic N) is 1. The Balaban J connectivity index is 1.86. The van der Waals surface area contributed by atoms with Crippen LogP contribution in [0.5, 0.6) is 17.2 Å². The van der Waals surface area contributed by atoms with Crippen molar-refractivity contribution in [2.24, 2.45) is 0 Å². The van der Waals surface area contributed by atoms with Crippen molar-refractivity contribution in [1.82, 2.24) is 4.90 Å². The van der Waals surface area contributed by atoms with Crippen LogP contribution in [0.1, 0.15) is 22.0 Å². The van der Waals surface area contributed by atoms with Crippen molar-refractivity contribution in [2.75, 3.05) is 41.0 Å². The molecule has 0 aliphatic carbocycles. The zero-order chi connectivity index (χ0) is 19.4. The van der Waals surface area contributed by atoms with Crippen molar-refractivity contribution < 1.29 is 23.7 Å². The normalized spacial score (nSPS) is 16.7. The smallest absolute Gasteiger partial charge is 0.254 e. The van der Waals surface area contributed by atoms with E-state index in [9.17, 15) is 4.79 Å². The second-order valence-electron chi connectivity index (χ2n) is 6.05. The van der Waals surface area contributed by atoms with Gasteiger partial charge in [-0.05, 0) is 18.2 Å². The third-order valence-corrected chi connectivity index (χ3v) is 4.86. The molecule has 2 aromatic rings. The molecular weight excluding hydrogens is 370 g/mol. The molecule has 3 rings (SSSR count). The fourth-order valence-corrected chi connectivity index (χ4v) is 3.40. The summed E-state index contributed by atoms with van der Waals surface area (Å²) in [4.78, 5) is 14.8. The Morgan fingerprint density at radius 1 is 1.11 bits per heavy atom. The second kappa shape index (κ2) is 8.50. The number of morpholine rings is 1. The summed E-state index contributed by atoms with van der Waals surface area (Å²) in [5.41, 5.74) is 1.34. The number of ether oxygens (including phenoxy) is 4. The van der Waals surface area contributed by atoms with Gasteiger partial charge in [0, 0.05) is 22.7 Å². The van der Waals surface area contributed by atoms with Crippen molar-refractivity contribution in [3.05, 3.63) is 52.5 Å². The first-order valence-electron chi connectivity index (χ1n) is 8.54. The molecule has 7 heteroatoms. The zero-order valence-electron chi connectivity index (χ0n) is 15.5. The summed E-state index contributed by atoms with van der Waals surface area (Å²) in [5.74, 6) is 1.20. The highest BCUT2D eigenvalue weighted by Crippen LogP contribution is 2.39. The number of benzene rings is 2. The van der Waals surface area contributed by atoms with Crippen LogP contribution in [0, 0.1) is 0 Å². The Morgan fingerprint density at radius 3 is 2.37 bits per heavy atom.